The van der Waals surface area contributed by atoms with E-state index in [4.69, 9.17) is 4.74 Å². The summed E-state index contributed by atoms with van der Waals surface area (Å²) >= 11 is 0. The highest BCUT2D eigenvalue weighted by Gasteiger charge is 2.43. The Morgan fingerprint density at radius 1 is 1.00 bits per heavy atom. The summed E-state index contributed by atoms with van der Waals surface area (Å²) in [5.74, 6) is -1.44. The van der Waals surface area contributed by atoms with Crippen LogP contribution in [0.3, 0.4) is 0 Å². The predicted octanol–water partition coefficient (Wildman–Crippen LogP) is 3.37. The molecule has 0 aromatic heterocycles. The van der Waals surface area contributed by atoms with Gasteiger partial charge in [-0.1, -0.05) is 60.7 Å². The highest BCUT2D eigenvalue weighted by Crippen LogP contribution is 2.23. The number of hydrogen-bond donors (Lipinski definition) is 1. The molecule has 2 aromatic rings. The van der Waals surface area contributed by atoms with E-state index in [1.165, 1.54) is 9.80 Å². The van der Waals surface area contributed by atoms with Crippen LogP contribution >= 0.6 is 0 Å². The molecule has 7 heteroatoms. The van der Waals surface area contributed by atoms with E-state index in [9.17, 15) is 19.5 Å². The molecule has 2 amide bonds. The third kappa shape index (κ3) is 5.87. The SMILES string of the molecule is CC(C)(C)OC(=O)N1CCN([C@@H](Cc2ccccc2)C(=O)O)C(=O)[C@@H]1Cc1ccccc1. The minimum absolute atomic E-state index is 0.132. The fourth-order valence-corrected chi connectivity index (χ4v) is 3.86. The van der Waals surface area contributed by atoms with Gasteiger partial charge in [-0.15, -0.1) is 0 Å². The van der Waals surface area contributed by atoms with Crippen LogP contribution in [0, 0.1) is 0 Å². The van der Waals surface area contributed by atoms with E-state index >= 15 is 0 Å². The Balaban J connectivity index is 1.88. The number of nitrogens with zero attached hydrogens (tertiary/aromatic N) is 2. The van der Waals surface area contributed by atoms with Gasteiger partial charge in [0.15, 0.2) is 0 Å². The lowest BCUT2D eigenvalue weighted by molar-refractivity contribution is -0.155. The first kappa shape index (κ1) is 23.3. The smallest absolute Gasteiger partial charge is 0.411 e. The zero-order valence-corrected chi connectivity index (χ0v) is 18.7. The van der Waals surface area contributed by atoms with Crippen LogP contribution < -0.4 is 0 Å². The summed E-state index contributed by atoms with van der Waals surface area (Å²) in [5.41, 5.74) is 1.02. The molecular formula is C25H30N2O5. The van der Waals surface area contributed by atoms with Crippen molar-refractivity contribution in [3.05, 3.63) is 71.8 Å². The maximum atomic E-state index is 13.6. The van der Waals surface area contributed by atoms with Crippen molar-refractivity contribution >= 4 is 18.0 Å². The zero-order valence-electron chi connectivity index (χ0n) is 18.7. The van der Waals surface area contributed by atoms with Gasteiger partial charge in [-0.2, -0.15) is 0 Å². The maximum Gasteiger partial charge on any atom is 0.411 e. The topological polar surface area (TPSA) is 87.2 Å². The normalized spacial score (nSPS) is 17.7. The van der Waals surface area contributed by atoms with Gasteiger partial charge in [-0.25, -0.2) is 9.59 Å². The van der Waals surface area contributed by atoms with E-state index in [-0.39, 0.29) is 31.8 Å². The van der Waals surface area contributed by atoms with Gasteiger partial charge in [0.25, 0.3) is 0 Å². The lowest BCUT2D eigenvalue weighted by atomic mass is 9.98. The van der Waals surface area contributed by atoms with Gasteiger partial charge in [-0.3, -0.25) is 9.69 Å². The third-order valence-corrected chi connectivity index (χ3v) is 5.36. The Labute approximate surface area is 188 Å². The van der Waals surface area contributed by atoms with Crippen LogP contribution in [0.1, 0.15) is 31.9 Å². The molecule has 1 aliphatic rings. The number of carboxylic acid groups (broad SMARTS) is 1. The molecule has 3 rings (SSSR count). The fraction of sp³-hybridized carbons (Fsp3) is 0.400. The average molecular weight is 439 g/mol. The number of benzene rings is 2. The van der Waals surface area contributed by atoms with E-state index in [2.05, 4.69) is 0 Å². The summed E-state index contributed by atoms with van der Waals surface area (Å²) in [6.07, 6.45) is -0.0826. The first-order valence-electron chi connectivity index (χ1n) is 10.8. The molecule has 1 fully saturated rings. The number of ether oxygens (including phenoxy) is 1. The average Bonchev–Trinajstić information content (AvgIpc) is 2.74. The van der Waals surface area contributed by atoms with Gasteiger partial charge in [0.2, 0.25) is 5.91 Å². The Morgan fingerprint density at radius 2 is 1.56 bits per heavy atom. The lowest BCUT2D eigenvalue weighted by Gasteiger charge is -2.43. The van der Waals surface area contributed by atoms with Gasteiger partial charge in [0.1, 0.15) is 17.7 Å². The van der Waals surface area contributed by atoms with Gasteiger partial charge < -0.3 is 14.7 Å². The molecule has 0 spiro atoms. The first-order valence-corrected chi connectivity index (χ1v) is 10.8. The summed E-state index contributed by atoms with van der Waals surface area (Å²) < 4.78 is 5.53. The minimum Gasteiger partial charge on any atom is -0.480 e. The molecule has 0 unspecified atom stereocenters. The van der Waals surface area contributed by atoms with E-state index < -0.39 is 29.7 Å². The number of carboxylic acids is 1. The van der Waals surface area contributed by atoms with Crippen molar-refractivity contribution in [3.63, 3.8) is 0 Å². The van der Waals surface area contributed by atoms with Gasteiger partial charge in [-0.05, 0) is 31.9 Å². The number of amides is 2. The third-order valence-electron chi connectivity index (χ3n) is 5.36. The zero-order chi connectivity index (χ0) is 23.3. The molecule has 7 nitrogen and oxygen atoms in total. The van der Waals surface area contributed by atoms with E-state index in [1.54, 1.807) is 20.8 Å². The van der Waals surface area contributed by atoms with E-state index in [1.807, 2.05) is 60.7 Å². The number of carbonyl (C=O) groups is 3. The molecule has 170 valence electrons. The largest absolute Gasteiger partial charge is 0.480 e. The molecule has 0 radical (unpaired) electrons. The molecule has 1 aliphatic heterocycles. The Bertz CT molecular complexity index is 940. The molecule has 0 aliphatic carbocycles. The number of piperazine rings is 1. The van der Waals surface area contributed by atoms with Crippen molar-refractivity contribution in [2.75, 3.05) is 13.1 Å². The molecule has 1 saturated heterocycles. The monoisotopic (exact) mass is 438 g/mol. The van der Waals surface area contributed by atoms with Crippen molar-refractivity contribution in [2.45, 2.75) is 51.3 Å². The number of rotatable bonds is 6. The van der Waals surface area contributed by atoms with Crippen LogP contribution in [-0.2, 0) is 27.2 Å². The Morgan fingerprint density at radius 3 is 2.09 bits per heavy atom. The fourth-order valence-electron chi connectivity index (χ4n) is 3.86. The Kier molecular flexibility index (Phi) is 7.18. The maximum absolute atomic E-state index is 13.6. The second-order valence-electron chi connectivity index (χ2n) is 8.95. The molecule has 32 heavy (non-hydrogen) atoms. The van der Waals surface area contributed by atoms with Crippen LogP contribution in [0.5, 0.6) is 0 Å². The van der Waals surface area contributed by atoms with Crippen molar-refractivity contribution in [1.29, 1.82) is 0 Å². The molecule has 1 heterocycles. The molecule has 0 bridgehead atoms. The Hall–Kier alpha value is -3.35. The standard InChI is InChI=1S/C25H30N2O5/c1-25(2,3)32-24(31)27-15-14-26(21(23(29)30)17-19-12-8-5-9-13-19)22(28)20(27)16-18-10-6-4-7-11-18/h4-13,20-21H,14-17H2,1-3H3,(H,29,30)/t20-,21-/m0/s1. The highest BCUT2D eigenvalue weighted by atomic mass is 16.6. The van der Waals surface area contributed by atoms with Crippen LogP contribution in [0.4, 0.5) is 4.79 Å². The molecule has 2 atom stereocenters. The molecular weight excluding hydrogens is 408 g/mol. The number of aliphatic carboxylic acids is 1. The minimum atomic E-state index is -1.06. The summed E-state index contributed by atoms with van der Waals surface area (Å²) in [5, 5.41) is 9.91. The first-order chi connectivity index (χ1) is 15.2. The van der Waals surface area contributed by atoms with E-state index in [0.29, 0.717) is 0 Å². The summed E-state index contributed by atoms with van der Waals surface area (Å²) in [7, 11) is 0. The van der Waals surface area contributed by atoms with Gasteiger partial charge in [0, 0.05) is 25.9 Å². The van der Waals surface area contributed by atoms with Crippen LogP contribution in [-0.4, -0.2) is 63.7 Å². The van der Waals surface area contributed by atoms with Crippen LogP contribution in [0.2, 0.25) is 0 Å². The summed E-state index contributed by atoms with van der Waals surface area (Å²) in [4.78, 5) is 41.4. The number of carbonyl (C=O) groups excluding carboxylic acids is 2. The van der Waals surface area contributed by atoms with Crippen molar-refractivity contribution in [3.8, 4) is 0 Å². The van der Waals surface area contributed by atoms with E-state index in [0.717, 1.165) is 11.1 Å². The second-order valence-corrected chi connectivity index (χ2v) is 8.95. The quantitative estimate of drug-likeness (QED) is 0.747. The van der Waals surface area contributed by atoms with Crippen LogP contribution in [0.15, 0.2) is 60.7 Å². The highest BCUT2D eigenvalue weighted by molar-refractivity contribution is 5.90. The second kappa shape index (κ2) is 9.85. The summed E-state index contributed by atoms with van der Waals surface area (Å²) in [6.45, 7) is 5.66. The predicted molar refractivity (Wildman–Crippen MR) is 120 cm³/mol. The van der Waals surface area contributed by atoms with Crippen molar-refractivity contribution < 1.29 is 24.2 Å². The van der Waals surface area contributed by atoms with Crippen molar-refractivity contribution in [2.24, 2.45) is 0 Å². The van der Waals surface area contributed by atoms with Crippen LogP contribution in [0.25, 0.3) is 0 Å². The van der Waals surface area contributed by atoms with Crippen molar-refractivity contribution in [1.82, 2.24) is 9.80 Å². The lowest BCUT2D eigenvalue weighted by Crippen LogP contribution is -2.63. The van der Waals surface area contributed by atoms with Gasteiger partial charge in [0.05, 0.1) is 0 Å². The molecule has 1 N–H and O–H groups in total. The molecule has 2 aromatic carbocycles. The number of hydrogen-bond acceptors (Lipinski definition) is 4. The molecule has 0 saturated carbocycles. The van der Waals surface area contributed by atoms with Gasteiger partial charge >= 0.3 is 12.1 Å². The summed E-state index contributed by atoms with van der Waals surface area (Å²) in [6, 6.07) is 16.8.